The first-order chi connectivity index (χ1) is 14.6. The lowest BCUT2D eigenvalue weighted by atomic mass is 10.1. The predicted molar refractivity (Wildman–Crippen MR) is 117 cm³/mol. The van der Waals surface area contributed by atoms with Gasteiger partial charge in [-0.2, -0.15) is 0 Å². The van der Waals surface area contributed by atoms with Crippen molar-refractivity contribution < 1.29 is 9.59 Å². The number of hydrogen-bond acceptors (Lipinski definition) is 5. The van der Waals surface area contributed by atoms with Crippen LogP contribution in [0.15, 0.2) is 59.6 Å². The lowest BCUT2D eigenvalue weighted by molar-refractivity contribution is -0.120. The summed E-state index contributed by atoms with van der Waals surface area (Å²) in [6.45, 7) is 5.26. The molecule has 2 aliphatic rings. The Morgan fingerprint density at radius 1 is 1.07 bits per heavy atom. The molecular weight excluding hydrogens is 378 g/mol. The van der Waals surface area contributed by atoms with Gasteiger partial charge in [0.1, 0.15) is 6.04 Å². The van der Waals surface area contributed by atoms with Gasteiger partial charge in [0, 0.05) is 13.1 Å². The molecule has 1 atom stereocenters. The van der Waals surface area contributed by atoms with Gasteiger partial charge in [0.25, 0.3) is 11.8 Å². The highest BCUT2D eigenvalue weighted by Gasteiger charge is 2.30. The van der Waals surface area contributed by atoms with Crippen LogP contribution in [0.3, 0.4) is 0 Å². The molecule has 7 nitrogen and oxygen atoms in total. The fraction of sp³-hybridized carbons (Fsp3) is 0.348. The monoisotopic (exact) mass is 405 g/mol. The molecule has 156 valence electrons. The van der Waals surface area contributed by atoms with E-state index in [4.69, 9.17) is 0 Å². The molecule has 2 aromatic carbocycles. The summed E-state index contributed by atoms with van der Waals surface area (Å²) in [5.41, 5.74) is 5.87. The lowest BCUT2D eigenvalue weighted by Crippen LogP contribution is -2.57. The summed E-state index contributed by atoms with van der Waals surface area (Å²) in [4.78, 5) is 32.0. The van der Waals surface area contributed by atoms with E-state index >= 15 is 0 Å². The summed E-state index contributed by atoms with van der Waals surface area (Å²) in [5, 5.41) is 4.34. The minimum atomic E-state index is -0.630. The maximum Gasteiger partial charge on any atom is 0.288 e. The first-order valence-corrected chi connectivity index (χ1v) is 10.4. The second kappa shape index (κ2) is 9.09. The fourth-order valence-electron chi connectivity index (χ4n) is 3.83. The third kappa shape index (κ3) is 4.52. The standard InChI is InChI=1S/C23H27N5O2/c1-17-23(30)28(20-11-3-2-4-12-20)26-21(25-17)22(29)24-15-18-9-5-6-10-19(18)16-27-13-7-8-14-27/h2-6,9-12,17H,7-8,13-16H2,1H3,(H,24,29)(H,25,26). The van der Waals surface area contributed by atoms with E-state index in [9.17, 15) is 9.59 Å². The van der Waals surface area contributed by atoms with Crippen LogP contribution in [-0.4, -0.2) is 41.7 Å². The molecule has 0 saturated carbocycles. The number of amides is 2. The Morgan fingerprint density at radius 3 is 2.47 bits per heavy atom. The van der Waals surface area contributed by atoms with Crippen LogP contribution >= 0.6 is 0 Å². The molecule has 4 rings (SSSR count). The van der Waals surface area contributed by atoms with E-state index in [1.54, 1.807) is 6.92 Å². The van der Waals surface area contributed by atoms with E-state index in [0.717, 1.165) is 25.2 Å². The van der Waals surface area contributed by atoms with Gasteiger partial charge in [-0.05, 0) is 56.1 Å². The number of amidine groups is 1. The van der Waals surface area contributed by atoms with Gasteiger partial charge in [0.2, 0.25) is 5.84 Å². The molecule has 0 bridgehead atoms. The van der Waals surface area contributed by atoms with Crippen molar-refractivity contribution in [2.75, 3.05) is 18.1 Å². The third-order valence-corrected chi connectivity index (χ3v) is 5.50. The number of carbonyl (C=O) groups excluding carboxylic acids is 2. The number of rotatable bonds is 6. The predicted octanol–water partition coefficient (Wildman–Crippen LogP) is 2.24. The number of nitrogens with one attached hydrogen (secondary N) is 2. The lowest BCUT2D eigenvalue weighted by Gasteiger charge is -2.30. The van der Waals surface area contributed by atoms with E-state index in [0.29, 0.717) is 12.2 Å². The van der Waals surface area contributed by atoms with E-state index in [1.165, 1.54) is 23.4 Å². The number of para-hydroxylation sites is 1. The largest absolute Gasteiger partial charge is 0.345 e. The Hall–Kier alpha value is -3.19. The molecule has 1 saturated heterocycles. The minimum Gasteiger partial charge on any atom is -0.345 e. The molecule has 2 amide bonds. The highest BCUT2D eigenvalue weighted by molar-refractivity contribution is 6.39. The number of aliphatic imine (C=N–C) groups is 1. The smallest absolute Gasteiger partial charge is 0.288 e. The van der Waals surface area contributed by atoms with E-state index < -0.39 is 6.04 Å². The number of likely N-dealkylation sites (tertiary alicyclic amines) is 1. The molecule has 2 aliphatic heterocycles. The van der Waals surface area contributed by atoms with Gasteiger partial charge in [0.05, 0.1) is 5.69 Å². The summed E-state index contributed by atoms with van der Waals surface area (Å²) >= 11 is 0. The van der Waals surface area contributed by atoms with Crippen LogP contribution < -0.4 is 15.8 Å². The molecule has 0 radical (unpaired) electrons. The zero-order chi connectivity index (χ0) is 20.9. The van der Waals surface area contributed by atoms with Gasteiger partial charge in [-0.25, -0.2) is 10.0 Å². The molecule has 0 spiro atoms. The second-order valence-electron chi connectivity index (χ2n) is 7.71. The van der Waals surface area contributed by atoms with Crippen molar-refractivity contribution >= 4 is 23.3 Å². The van der Waals surface area contributed by atoms with Crippen molar-refractivity contribution in [3.63, 3.8) is 0 Å². The Labute approximate surface area is 176 Å². The molecule has 1 unspecified atom stereocenters. The maximum atomic E-state index is 12.8. The van der Waals surface area contributed by atoms with Crippen molar-refractivity contribution in [2.45, 2.75) is 38.9 Å². The quantitative estimate of drug-likeness (QED) is 0.773. The van der Waals surface area contributed by atoms with Crippen LogP contribution in [0.5, 0.6) is 0 Å². The Balaban J connectivity index is 1.43. The molecule has 0 aromatic heterocycles. The van der Waals surface area contributed by atoms with Gasteiger partial charge in [0.15, 0.2) is 0 Å². The number of carbonyl (C=O) groups is 2. The SMILES string of the molecule is CC1N=C(C(=O)NCc2ccccc2CN2CCCC2)NN(c2ccccc2)C1=O. The zero-order valence-corrected chi connectivity index (χ0v) is 17.2. The van der Waals surface area contributed by atoms with Crippen LogP contribution in [0.1, 0.15) is 30.9 Å². The minimum absolute atomic E-state index is 0.142. The van der Waals surface area contributed by atoms with Crippen LogP contribution in [0, 0.1) is 0 Å². The number of nitrogens with zero attached hydrogens (tertiary/aromatic N) is 3. The van der Waals surface area contributed by atoms with Crippen LogP contribution in [0.2, 0.25) is 0 Å². The maximum absolute atomic E-state index is 12.8. The third-order valence-electron chi connectivity index (χ3n) is 5.50. The van der Waals surface area contributed by atoms with Gasteiger partial charge in [-0.1, -0.05) is 42.5 Å². The summed E-state index contributed by atoms with van der Waals surface area (Å²) in [6.07, 6.45) is 2.50. The highest BCUT2D eigenvalue weighted by atomic mass is 16.2. The normalized spacial score (nSPS) is 19.4. The average molecular weight is 406 g/mol. The zero-order valence-electron chi connectivity index (χ0n) is 17.2. The van der Waals surface area contributed by atoms with Crippen molar-refractivity contribution in [2.24, 2.45) is 4.99 Å². The molecule has 2 heterocycles. The number of benzene rings is 2. The summed E-state index contributed by atoms with van der Waals surface area (Å²) in [5.74, 6) is -0.386. The fourth-order valence-corrected chi connectivity index (χ4v) is 3.83. The van der Waals surface area contributed by atoms with E-state index in [2.05, 4.69) is 26.7 Å². The van der Waals surface area contributed by atoms with Gasteiger partial charge >= 0.3 is 0 Å². The summed E-state index contributed by atoms with van der Waals surface area (Å²) in [6, 6.07) is 16.8. The van der Waals surface area contributed by atoms with Crippen molar-refractivity contribution in [3.8, 4) is 0 Å². The molecule has 2 N–H and O–H groups in total. The Kier molecular flexibility index (Phi) is 6.09. The van der Waals surface area contributed by atoms with Gasteiger partial charge in [-0.3, -0.25) is 19.9 Å². The molecule has 0 aliphatic carbocycles. The van der Waals surface area contributed by atoms with Gasteiger partial charge in [-0.15, -0.1) is 0 Å². The molecule has 30 heavy (non-hydrogen) atoms. The highest BCUT2D eigenvalue weighted by Crippen LogP contribution is 2.17. The summed E-state index contributed by atoms with van der Waals surface area (Å²) < 4.78 is 0. The van der Waals surface area contributed by atoms with Crippen LogP contribution in [0.25, 0.3) is 0 Å². The topological polar surface area (TPSA) is 77.0 Å². The first kappa shape index (κ1) is 20.1. The van der Waals surface area contributed by atoms with Crippen molar-refractivity contribution in [1.29, 1.82) is 0 Å². The number of hydrazine groups is 1. The Bertz CT molecular complexity index is 938. The van der Waals surface area contributed by atoms with Gasteiger partial charge < -0.3 is 5.32 Å². The van der Waals surface area contributed by atoms with Crippen molar-refractivity contribution in [1.82, 2.24) is 15.6 Å². The average Bonchev–Trinajstić information content (AvgIpc) is 3.28. The van der Waals surface area contributed by atoms with Crippen molar-refractivity contribution in [3.05, 3.63) is 65.7 Å². The summed E-state index contributed by atoms with van der Waals surface area (Å²) in [7, 11) is 0. The molecule has 1 fully saturated rings. The van der Waals surface area contributed by atoms with Crippen LogP contribution in [-0.2, 0) is 22.7 Å². The molecular formula is C23H27N5O2. The number of hydrogen-bond donors (Lipinski definition) is 2. The molecule has 2 aromatic rings. The first-order valence-electron chi connectivity index (χ1n) is 10.4. The number of anilines is 1. The van der Waals surface area contributed by atoms with Crippen LogP contribution in [0.4, 0.5) is 5.69 Å². The molecule has 7 heteroatoms. The van der Waals surface area contributed by atoms with E-state index in [-0.39, 0.29) is 17.6 Å². The second-order valence-corrected chi connectivity index (χ2v) is 7.71. The Morgan fingerprint density at radius 2 is 1.73 bits per heavy atom. The van der Waals surface area contributed by atoms with E-state index in [1.807, 2.05) is 48.5 Å².